The van der Waals surface area contributed by atoms with Gasteiger partial charge in [0, 0.05) is 17.4 Å². The van der Waals surface area contributed by atoms with Crippen molar-refractivity contribution in [3.05, 3.63) is 64.9 Å². The van der Waals surface area contributed by atoms with E-state index in [-0.39, 0.29) is 0 Å². The first-order chi connectivity index (χ1) is 8.18. The molecule has 0 saturated heterocycles. The van der Waals surface area contributed by atoms with Gasteiger partial charge < -0.3 is 5.73 Å². The minimum Gasteiger partial charge on any atom is -0.369 e. The van der Waals surface area contributed by atoms with Crippen molar-refractivity contribution < 1.29 is 4.79 Å². The summed E-state index contributed by atoms with van der Waals surface area (Å²) in [7, 11) is 0. The summed E-state index contributed by atoms with van der Waals surface area (Å²) in [5.74, 6) is -0.888. The molecule has 2 aromatic rings. The van der Waals surface area contributed by atoms with Crippen molar-refractivity contribution in [1.82, 2.24) is 4.98 Å². The molecule has 0 fully saturated rings. The maximum atomic E-state index is 11.5. The minimum atomic E-state index is -0.485. The van der Waals surface area contributed by atoms with Crippen molar-refractivity contribution >= 4 is 17.5 Å². The normalized spacial score (nSPS) is 12.1. The number of pyridine rings is 1. The molecule has 0 radical (unpaired) electrons. The number of aromatic nitrogens is 1. The summed E-state index contributed by atoms with van der Waals surface area (Å²) in [6.07, 6.45) is 3.30. The van der Waals surface area contributed by atoms with Crippen LogP contribution in [0.25, 0.3) is 0 Å². The van der Waals surface area contributed by atoms with E-state index in [0.717, 1.165) is 11.1 Å². The van der Waals surface area contributed by atoms with Gasteiger partial charge in [0.05, 0.1) is 5.92 Å². The quantitative estimate of drug-likeness (QED) is 0.904. The Labute approximate surface area is 104 Å². The van der Waals surface area contributed by atoms with Gasteiger partial charge in [0.2, 0.25) is 5.91 Å². The molecule has 1 atom stereocenters. The highest BCUT2D eigenvalue weighted by atomic mass is 35.5. The van der Waals surface area contributed by atoms with Gasteiger partial charge >= 0.3 is 0 Å². The molecule has 17 heavy (non-hydrogen) atoms. The van der Waals surface area contributed by atoms with Crippen LogP contribution in [-0.2, 0) is 4.79 Å². The number of hydrogen-bond acceptors (Lipinski definition) is 2. The Kier molecular flexibility index (Phi) is 3.40. The van der Waals surface area contributed by atoms with Crippen LogP contribution in [0.5, 0.6) is 0 Å². The zero-order valence-corrected chi connectivity index (χ0v) is 9.76. The van der Waals surface area contributed by atoms with Gasteiger partial charge in [0.25, 0.3) is 0 Å². The minimum absolute atomic E-state index is 0.402. The van der Waals surface area contributed by atoms with Crippen molar-refractivity contribution in [3.63, 3.8) is 0 Å². The van der Waals surface area contributed by atoms with E-state index in [1.54, 1.807) is 42.7 Å². The molecule has 1 aromatic carbocycles. The van der Waals surface area contributed by atoms with Gasteiger partial charge in [-0.1, -0.05) is 29.8 Å². The number of carbonyl (C=O) groups excluding carboxylic acids is 1. The molecule has 1 unspecified atom stereocenters. The molecule has 2 N–H and O–H groups in total. The Balaban J connectivity index is 2.43. The van der Waals surface area contributed by atoms with Gasteiger partial charge in [-0.2, -0.15) is 0 Å². The Bertz CT molecular complexity index is 511. The summed E-state index contributed by atoms with van der Waals surface area (Å²) in [6, 6.07) is 10.7. The standard InChI is InChI=1S/C13H11ClN2O/c14-11-5-3-9(4-6-11)12(13(15)17)10-2-1-7-16-8-10/h1-8,12H,(H2,15,17). The van der Waals surface area contributed by atoms with E-state index in [4.69, 9.17) is 17.3 Å². The molecule has 1 aromatic heterocycles. The first-order valence-electron chi connectivity index (χ1n) is 5.13. The van der Waals surface area contributed by atoms with E-state index in [9.17, 15) is 4.79 Å². The van der Waals surface area contributed by atoms with Crippen molar-refractivity contribution in [2.75, 3.05) is 0 Å². The summed E-state index contributed by atoms with van der Waals surface area (Å²) in [5.41, 5.74) is 7.03. The maximum absolute atomic E-state index is 11.5. The van der Waals surface area contributed by atoms with Gasteiger partial charge in [-0.05, 0) is 29.3 Å². The van der Waals surface area contributed by atoms with Crippen LogP contribution in [-0.4, -0.2) is 10.9 Å². The Hall–Kier alpha value is -1.87. The molecule has 1 heterocycles. The smallest absolute Gasteiger partial charge is 0.229 e. The lowest BCUT2D eigenvalue weighted by molar-refractivity contribution is -0.118. The fourth-order valence-electron chi connectivity index (χ4n) is 1.72. The van der Waals surface area contributed by atoms with Crippen molar-refractivity contribution in [3.8, 4) is 0 Å². The Morgan fingerprint density at radius 3 is 2.41 bits per heavy atom. The van der Waals surface area contributed by atoms with E-state index < -0.39 is 11.8 Å². The van der Waals surface area contributed by atoms with Crippen molar-refractivity contribution in [2.24, 2.45) is 5.73 Å². The lowest BCUT2D eigenvalue weighted by Gasteiger charge is -2.13. The molecule has 0 aliphatic heterocycles. The van der Waals surface area contributed by atoms with E-state index >= 15 is 0 Å². The van der Waals surface area contributed by atoms with Crippen molar-refractivity contribution in [1.29, 1.82) is 0 Å². The molecule has 0 aliphatic rings. The molecule has 1 amide bonds. The summed E-state index contributed by atoms with van der Waals surface area (Å²) in [6.45, 7) is 0. The highest BCUT2D eigenvalue weighted by Gasteiger charge is 2.19. The summed E-state index contributed by atoms with van der Waals surface area (Å²) in [4.78, 5) is 15.5. The van der Waals surface area contributed by atoms with Gasteiger partial charge in [-0.15, -0.1) is 0 Å². The number of carbonyl (C=O) groups is 1. The fourth-order valence-corrected chi connectivity index (χ4v) is 1.85. The van der Waals surface area contributed by atoms with E-state index in [1.165, 1.54) is 0 Å². The van der Waals surface area contributed by atoms with Gasteiger partial charge in [-0.25, -0.2) is 0 Å². The lowest BCUT2D eigenvalue weighted by Crippen LogP contribution is -2.22. The molecule has 0 spiro atoms. The van der Waals surface area contributed by atoms with Crippen LogP contribution in [0.15, 0.2) is 48.8 Å². The topological polar surface area (TPSA) is 56.0 Å². The number of halogens is 1. The third-order valence-corrected chi connectivity index (χ3v) is 2.76. The molecule has 86 valence electrons. The highest BCUT2D eigenvalue weighted by Crippen LogP contribution is 2.24. The monoisotopic (exact) mass is 246 g/mol. The molecule has 0 bridgehead atoms. The van der Waals surface area contributed by atoms with Crippen molar-refractivity contribution in [2.45, 2.75) is 5.92 Å². The van der Waals surface area contributed by atoms with Crippen LogP contribution in [0.2, 0.25) is 5.02 Å². The Morgan fingerprint density at radius 2 is 1.88 bits per heavy atom. The highest BCUT2D eigenvalue weighted by molar-refractivity contribution is 6.30. The fraction of sp³-hybridized carbons (Fsp3) is 0.0769. The van der Waals surface area contributed by atoms with Crippen LogP contribution in [0.1, 0.15) is 17.0 Å². The molecular weight excluding hydrogens is 236 g/mol. The first kappa shape index (κ1) is 11.6. The van der Waals surface area contributed by atoms with Gasteiger partial charge in [0.1, 0.15) is 0 Å². The summed E-state index contributed by atoms with van der Waals surface area (Å²) < 4.78 is 0. The number of benzene rings is 1. The molecule has 4 heteroatoms. The van der Waals surface area contributed by atoms with Gasteiger partial charge in [-0.3, -0.25) is 9.78 Å². The summed E-state index contributed by atoms with van der Waals surface area (Å²) >= 11 is 5.81. The molecule has 0 aliphatic carbocycles. The van der Waals surface area contributed by atoms with Gasteiger partial charge in [0.15, 0.2) is 0 Å². The van der Waals surface area contributed by atoms with E-state index in [2.05, 4.69) is 4.98 Å². The zero-order valence-electron chi connectivity index (χ0n) is 9.01. The van der Waals surface area contributed by atoms with E-state index in [0.29, 0.717) is 5.02 Å². The number of amides is 1. The predicted octanol–water partition coefficient (Wildman–Crippen LogP) is 2.35. The third-order valence-electron chi connectivity index (χ3n) is 2.51. The molecular formula is C13H11ClN2O. The average Bonchev–Trinajstić information content (AvgIpc) is 2.33. The second kappa shape index (κ2) is 4.97. The maximum Gasteiger partial charge on any atom is 0.229 e. The number of primary amides is 1. The molecule has 3 nitrogen and oxygen atoms in total. The zero-order chi connectivity index (χ0) is 12.3. The van der Waals surface area contributed by atoms with Crippen LogP contribution >= 0.6 is 11.6 Å². The number of rotatable bonds is 3. The second-order valence-electron chi connectivity index (χ2n) is 3.67. The average molecular weight is 247 g/mol. The third kappa shape index (κ3) is 2.63. The second-order valence-corrected chi connectivity index (χ2v) is 4.11. The summed E-state index contributed by atoms with van der Waals surface area (Å²) in [5, 5.41) is 0.628. The number of nitrogens with zero attached hydrogens (tertiary/aromatic N) is 1. The molecule has 2 rings (SSSR count). The number of hydrogen-bond donors (Lipinski definition) is 1. The van der Waals surface area contributed by atoms with Crippen LogP contribution < -0.4 is 5.73 Å². The lowest BCUT2D eigenvalue weighted by atomic mass is 9.92. The largest absolute Gasteiger partial charge is 0.369 e. The van der Waals surface area contributed by atoms with Crippen LogP contribution in [0.3, 0.4) is 0 Å². The predicted molar refractivity (Wildman–Crippen MR) is 66.7 cm³/mol. The van der Waals surface area contributed by atoms with Crippen LogP contribution in [0.4, 0.5) is 0 Å². The Morgan fingerprint density at radius 1 is 1.18 bits per heavy atom. The van der Waals surface area contributed by atoms with Crippen LogP contribution in [0, 0.1) is 0 Å². The number of nitrogens with two attached hydrogens (primary N) is 1. The van der Waals surface area contributed by atoms with E-state index in [1.807, 2.05) is 6.07 Å². The molecule has 0 saturated carbocycles. The SMILES string of the molecule is NC(=O)C(c1ccc(Cl)cc1)c1cccnc1. The first-order valence-corrected chi connectivity index (χ1v) is 5.51.